The molecule has 0 saturated carbocycles. The number of aromatic nitrogens is 2. The summed E-state index contributed by atoms with van der Waals surface area (Å²) in [4.78, 5) is 12.9. The molecular formula is C22H24ClN3O. The molecule has 3 aromatic rings. The number of rotatable bonds is 5. The maximum atomic E-state index is 12.9. The van der Waals surface area contributed by atoms with Crippen molar-refractivity contribution >= 4 is 17.5 Å². The Morgan fingerprint density at radius 3 is 2.37 bits per heavy atom. The van der Waals surface area contributed by atoms with E-state index in [2.05, 4.69) is 24.3 Å². The van der Waals surface area contributed by atoms with Crippen LogP contribution in [0.2, 0.25) is 5.02 Å². The lowest BCUT2D eigenvalue weighted by Crippen LogP contribution is -2.37. The molecule has 0 spiro atoms. The Labute approximate surface area is 165 Å². The van der Waals surface area contributed by atoms with Gasteiger partial charge in [-0.15, -0.1) is 0 Å². The molecule has 0 aliphatic carbocycles. The van der Waals surface area contributed by atoms with Crippen molar-refractivity contribution in [2.75, 3.05) is 0 Å². The fourth-order valence-electron chi connectivity index (χ4n) is 2.67. The van der Waals surface area contributed by atoms with Gasteiger partial charge in [0.2, 0.25) is 0 Å². The van der Waals surface area contributed by atoms with Crippen LogP contribution in [0.25, 0.3) is 16.9 Å². The summed E-state index contributed by atoms with van der Waals surface area (Å²) >= 11 is 6.34. The number of aryl methyl sites for hydroxylation is 1. The average Bonchev–Trinajstić information content (AvgIpc) is 3.07. The van der Waals surface area contributed by atoms with Crippen molar-refractivity contribution in [2.45, 2.75) is 33.7 Å². The summed E-state index contributed by atoms with van der Waals surface area (Å²) in [7, 11) is 0. The van der Waals surface area contributed by atoms with Crippen LogP contribution in [0.5, 0.6) is 0 Å². The minimum absolute atomic E-state index is 0.0580. The van der Waals surface area contributed by atoms with Gasteiger partial charge in [0, 0.05) is 11.6 Å². The van der Waals surface area contributed by atoms with Crippen molar-refractivity contribution in [3.8, 4) is 16.9 Å². The number of amides is 1. The fourth-order valence-corrected chi connectivity index (χ4v) is 2.91. The summed E-state index contributed by atoms with van der Waals surface area (Å²) in [6.45, 7) is 8.19. The van der Waals surface area contributed by atoms with Gasteiger partial charge in [-0.1, -0.05) is 61.3 Å². The zero-order chi connectivity index (χ0) is 19.6. The van der Waals surface area contributed by atoms with Gasteiger partial charge in [0.1, 0.15) is 5.69 Å². The Morgan fingerprint density at radius 2 is 1.74 bits per heavy atom. The van der Waals surface area contributed by atoms with E-state index in [0.29, 0.717) is 22.3 Å². The first kappa shape index (κ1) is 19.2. The van der Waals surface area contributed by atoms with Gasteiger partial charge >= 0.3 is 0 Å². The molecule has 0 aliphatic heterocycles. The van der Waals surface area contributed by atoms with Crippen molar-refractivity contribution in [3.05, 3.63) is 70.9 Å². The molecule has 1 amide bonds. The molecular weight excluding hydrogens is 358 g/mol. The number of hydrogen-bond acceptors (Lipinski definition) is 2. The number of nitrogens with zero attached hydrogens (tertiary/aromatic N) is 2. The third-order valence-corrected chi connectivity index (χ3v) is 5.06. The van der Waals surface area contributed by atoms with E-state index in [-0.39, 0.29) is 11.9 Å². The number of benzene rings is 2. The maximum Gasteiger partial charge on any atom is 0.270 e. The second-order valence-corrected chi connectivity index (χ2v) is 7.56. The van der Waals surface area contributed by atoms with E-state index in [1.165, 1.54) is 0 Å². The summed E-state index contributed by atoms with van der Waals surface area (Å²) < 4.78 is 1.68. The molecule has 0 radical (unpaired) electrons. The SMILES string of the molecule is Cc1ccc(-n2nc(-c3ccccc3Cl)cc2C(=O)N[C@H](C)C(C)C)cc1. The predicted octanol–water partition coefficient (Wildman–Crippen LogP) is 5.28. The highest BCUT2D eigenvalue weighted by Crippen LogP contribution is 2.28. The zero-order valence-corrected chi connectivity index (χ0v) is 16.8. The molecule has 1 aromatic heterocycles. The number of carbonyl (C=O) groups excluding carboxylic acids is 1. The van der Waals surface area contributed by atoms with Crippen molar-refractivity contribution in [1.82, 2.24) is 15.1 Å². The van der Waals surface area contributed by atoms with Crippen molar-refractivity contribution in [2.24, 2.45) is 5.92 Å². The molecule has 27 heavy (non-hydrogen) atoms. The first-order valence-electron chi connectivity index (χ1n) is 9.09. The number of carbonyl (C=O) groups is 1. The highest BCUT2D eigenvalue weighted by Gasteiger charge is 2.20. The van der Waals surface area contributed by atoms with E-state index in [0.717, 1.165) is 16.8 Å². The first-order valence-corrected chi connectivity index (χ1v) is 9.47. The lowest BCUT2D eigenvalue weighted by atomic mass is 10.1. The van der Waals surface area contributed by atoms with E-state index < -0.39 is 0 Å². The van der Waals surface area contributed by atoms with Crippen LogP contribution in [0.3, 0.4) is 0 Å². The molecule has 3 rings (SSSR count). The van der Waals surface area contributed by atoms with Crippen LogP contribution in [0.1, 0.15) is 36.8 Å². The Morgan fingerprint density at radius 1 is 1.07 bits per heavy atom. The van der Waals surface area contributed by atoms with Gasteiger partial charge in [0.15, 0.2) is 0 Å². The molecule has 1 N–H and O–H groups in total. The molecule has 1 heterocycles. The summed E-state index contributed by atoms with van der Waals surface area (Å²) in [6, 6.07) is 17.3. The Balaban J connectivity index is 2.08. The highest BCUT2D eigenvalue weighted by atomic mass is 35.5. The standard InChI is InChI=1S/C22H24ClN3O/c1-14(2)16(4)24-22(27)21-13-20(18-7-5-6-8-19(18)23)25-26(21)17-11-9-15(3)10-12-17/h5-14,16H,1-4H3,(H,24,27)/t16-/m1/s1. The van der Waals surface area contributed by atoms with Crippen LogP contribution in [-0.4, -0.2) is 21.7 Å². The van der Waals surface area contributed by atoms with Gasteiger partial charge in [-0.2, -0.15) is 5.10 Å². The third-order valence-electron chi connectivity index (χ3n) is 4.73. The fraction of sp³-hybridized carbons (Fsp3) is 0.273. The van der Waals surface area contributed by atoms with Crippen LogP contribution in [0.15, 0.2) is 54.6 Å². The van der Waals surface area contributed by atoms with E-state index >= 15 is 0 Å². The van der Waals surface area contributed by atoms with E-state index in [1.54, 1.807) is 10.7 Å². The summed E-state index contributed by atoms with van der Waals surface area (Å²) in [5.41, 5.74) is 3.94. The van der Waals surface area contributed by atoms with Crippen molar-refractivity contribution < 1.29 is 4.79 Å². The topological polar surface area (TPSA) is 46.9 Å². The first-order chi connectivity index (χ1) is 12.9. The van der Waals surface area contributed by atoms with Crippen LogP contribution in [0.4, 0.5) is 0 Å². The minimum Gasteiger partial charge on any atom is -0.348 e. The van der Waals surface area contributed by atoms with E-state index in [9.17, 15) is 4.79 Å². The summed E-state index contributed by atoms with van der Waals surface area (Å²) in [5.74, 6) is 0.190. The van der Waals surface area contributed by atoms with Crippen molar-refractivity contribution in [1.29, 1.82) is 0 Å². The molecule has 4 nitrogen and oxygen atoms in total. The highest BCUT2D eigenvalue weighted by molar-refractivity contribution is 6.33. The lowest BCUT2D eigenvalue weighted by Gasteiger charge is -2.17. The Hall–Kier alpha value is -2.59. The smallest absolute Gasteiger partial charge is 0.270 e. The number of halogens is 1. The molecule has 2 aromatic carbocycles. The van der Waals surface area contributed by atoms with E-state index in [1.807, 2.05) is 62.4 Å². The van der Waals surface area contributed by atoms with Gasteiger partial charge in [0.25, 0.3) is 5.91 Å². The summed E-state index contributed by atoms with van der Waals surface area (Å²) in [5, 5.41) is 8.35. The van der Waals surface area contributed by atoms with Gasteiger partial charge in [-0.25, -0.2) is 4.68 Å². The molecule has 0 aliphatic rings. The van der Waals surface area contributed by atoms with E-state index in [4.69, 9.17) is 11.6 Å². The molecule has 1 atom stereocenters. The molecule has 0 unspecified atom stereocenters. The van der Waals surface area contributed by atoms with Crippen LogP contribution >= 0.6 is 11.6 Å². The lowest BCUT2D eigenvalue weighted by molar-refractivity contribution is 0.0922. The van der Waals surface area contributed by atoms with Crippen LogP contribution in [-0.2, 0) is 0 Å². The zero-order valence-electron chi connectivity index (χ0n) is 16.0. The Bertz CT molecular complexity index is 944. The molecule has 5 heteroatoms. The maximum absolute atomic E-state index is 12.9. The van der Waals surface area contributed by atoms with Crippen LogP contribution < -0.4 is 5.32 Å². The van der Waals surface area contributed by atoms with Gasteiger partial charge in [0.05, 0.1) is 16.4 Å². The third kappa shape index (κ3) is 4.22. The number of hydrogen-bond donors (Lipinski definition) is 1. The van der Waals surface area contributed by atoms with Gasteiger partial charge < -0.3 is 5.32 Å². The molecule has 0 saturated heterocycles. The predicted molar refractivity (Wildman–Crippen MR) is 111 cm³/mol. The second kappa shape index (κ2) is 7.97. The van der Waals surface area contributed by atoms with Crippen LogP contribution in [0, 0.1) is 12.8 Å². The second-order valence-electron chi connectivity index (χ2n) is 7.15. The Kier molecular flexibility index (Phi) is 5.66. The van der Waals surface area contributed by atoms with Gasteiger partial charge in [-0.3, -0.25) is 4.79 Å². The largest absolute Gasteiger partial charge is 0.348 e. The normalized spacial score (nSPS) is 12.2. The molecule has 140 valence electrons. The van der Waals surface area contributed by atoms with Gasteiger partial charge in [-0.05, 0) is 44.0 Å². The number of nitrogens with one attached hydrogen (secondary N) is 1. The summed E-state index contributed by atoms with van der Waals surface area (Å²) in [6.07, 6.45) is 0. The minimum atomic E-state index is -0.150. The average molecular weight is 382 g/mol. The van der Waals surface area contributed by atoms with Crippen molar-refractivity contribution in [3.63, 3.8) is 0 Å². The monoisotopic (exact) mass is 381 g/mol. The quantitative estimate of drug-likeness (QED) is 0.653. The molecule has 0 fully saturated rings. The molecule has 0 bridgehead atoms.